The van der Waals surface area contributed by atoms with Crippen LogP contribution >= 0.6 is 0 Å². The molecule has 1 saturated heterocycles. The molecule has 2 aliphatic rings. The van der Waals surface area contributed by atoms with Gasteiger partial charge in [-0.3, -0.25) is 4.79 Å². The van der Waals surface area contributed by atoms with Crippen molar-refractivity contribution in [3.05, 3.63) is 23.4 Å². The molecule has 0 radical (unpaired) electrons. The monoisotopic (exact) mass is 245 g/mol. The van der Waals surface area contributed by atoms with Gasteiger partial charge in [0.15, 0.2) is 0 Å². The van der Waals surface area contributed by atoms with Gasteiger partial charge in [0.25, 0.3) is 0 Å². The Hall–Kier alpha value is -1.42. The zero-order chi connectivity index (χ0) is 12.4. The summed E-state index contributed by atoms with van der Waals surface area (Å²) in [4.78, 5) is 18.3. The van der Waals surface area contributed by atoms with Crippen LogP contribution in [-0.4, -0.2) is 36.9 Å². The Morgan fingerprint density at radius 1 is 1.06 bits per heavy atom. The van der Waals surface area contributed by atoms with Gasteiger partial charge < -0.3 is 10.2 Å². The fourth-order valence-electron chi connectivity index (χ4n) is 2.68. The van der Waals surface area contributed by atoms with Crippen LogP contribution in [-0.2, 0) is 17.6 Å². The van der Waals surface area contributed by atoms with Crippen LogP contribution in [0.4, 0.5) is 5.82 Å². The third kappa shape index (κ3) is 2.38. The third-order valence-electron chi connectivity index (χ3n) is 3.81. The van der Waals surface area contributed by atoms with Gasteiger partial charge in [-0.2, -0.15) is 0 Å². The summed E-state index contributed by atoms with van der Waals surface area (Å²) >= 11 is 0. The van der Waals surface area contributed by atoms with Crippen LogP contribution in [0.15, 0.2) is 12.1 Å². The summed E-state index contributed by atoms with van der Waals surface area (Å²) in [5.41, 5.74) is 2.60. The molecule has 0 saturated carbocycles. The smallest absolute Gasteiger partial charge is 0.136 e. The van der Waals surface area contributed by atoms with Crippen LogP contribution in [0.1, 0.15) is 24.1 Å². The molecule has 0 aliphatic carbocycles. The summed E-state index contributed by atoms with van der Waals surface area (Å²) in [6, 6.07) is 4.32. The van der Waals surface area contributed by atoms with Crippen LogP contribution in [0.5, 0.6) is 0 Å². The lowest BCUT2D eigenvalue weighted by Gasteiger charge is -2.27. The molecule has 3 heterocycles. The summed E-state index contributed by atoms with van der Waals surface area (Å²) in [5, 5.41) is 3.40. The topological polar surface area (TPSA) is 45.2 Å². The number of ketones is 1. The van der Waals surface area contributed by atoms with Crippen LogP contribution in [0.2, 0.25) is 0 Å². The number of Topliss-reactive ketones (excluding diaryl/α,β-unsaturated/α-hetero) is 1. The van der Waals surface area contributed by atoms with E-state index in [0.717, 1.165) is 44.8 Å². The molecule has 0 atom stereocenters. The van der Waals surface area contributed by atoms with Gasteiger partial charge in [-0.05, 0) is 24.6 Å². The molecule has 1 aromatic rings. The van der Waals surface area contributed by atoms with Crippen molar-refractivity contribution in [1.82, 2.24) is 10.3 Å². The van der Waals surface area contributed by atoms with Gasteiger partial charge in [-0.15, -0.1) is 0 Å². The fraction of sp³-hybridized carbons (Fsp3) is 0.571. The molecule has 96 valence electrons. The van der Waals surface area contributed by atoms with Crippen molar-refractivity contribution >= 4 is 11.6 Å². The lowest BCUT2D eigenvalue weighted by Crippen LogP contribution is -2.34. The highest BCUT2D eigenvalue weighted by Gasteiger charge is 2.18. The summed E-state index contributed by atoms with van der Waals surface area (Å²) in [6.45, 7) is 3.71. The first-order chi connectivity index (χ1) is 8.83. The molecule has 0 spiro atoms. The maximum atomic E-state index is 11.3. The number of hydrogen-bond acceptors (Lipinski definition) is 4. The molecule has 0 aromatic carbocycles. The summed E-state index contributed by atoms with van der Waals surface area (Å²) in [5.74, 6) is 1.42. The van der Waals surface area contributed by atoms with E-state index in [4.69, 9.17) is 4.98 Å². The van der Waals surface area contributed by atoms with Gasteiger partial charge >= 0.3 is 0 Å². The van der Waals surface area contributed by atoms with Crippen molar-refractivity contribution in [2.24, 2.45) is 0 Å². The predicted octanol–water partition coefficient (Wildman–Crippen LogP) is 0.939. The van der Waals surface area contributed by atoms with E-state index in [9.17, 15) is 4.79 Å². The van der Waals surface area contributed by atoms with E-state index >= 15 is 0 Å². The Bertz CT molecular complexity index is 448. The standard InChI is InChI=1S/C14H19N3O/c18-12-5-9-17(10-6-12)14-2-1-11-3-7-15-8-4-13(11)16-14/h1-2,15H,3-10H2. The Balaban J connectivity index is 1.81. The Kier molecular flexibility index (Phi) is 3.28. The Morgan fingerprint density at radius 3 is 2.67 bits per heavy atom. The zero-order valence-corrected chi connectivity index (χ0v) is 10.6. The minimum Gasteiger partial charge on any atom is -0.356 e. The zero-order valence-electron chi connectivity index (χ0n) is 10.6. The molecule has 1 fully saturated rings. The van der Waals surface area contributed by atoms with E-state index in [1.165, 1.54) is 11.3 Å². The van der Waals surface area contributed by atoms with Crippen LogP contribution in [0, 0.1) is 0 Å². The molecular weight excluding hydrogens is 226 g/mol. The number of anilines is 1. The lowest BCUT2D eigenvalue weighted by atomic mass is 10.1. The summed E-state index contributed by atoms with van der Waals surface area (Å²) in [7, 11) is 0. The number of pyridine rings is 1. The quantitative estimate of drug-likeness (QED) is 0.800. The Morgan fingerprint density at radius 2 is 1.83 bits per heavy atom. The summed E-state index contributed by atoms with van der Waals surface area (Å²) < 4.78 is 0. The molecule has 4 heteroatoms. The van der Waals surface area contributed by atoms with Crippen molar-refractivity contribution in [2.75, 3.05) is 31.1 Å². The van der Waals surface area contributed by atoms with Gasteiger partial charge in [0.2, 0.25) is 0 Å². The maximum Gasteiger partial charge on any atom is 0.136 e. The number of carbonyl (C=O) groups excluding carboxylic acids is 1. The predicted molar refractivity (Wildman–Crippen MR) is 71.0 cm³/mol. The SMILES string of the molecule is O=C1CCN(c2ccc3c(n2)CCNCC3)CC1. The number of carbonyl (C=O) groups is 1. The second kappa shape index (κ2) is 5.06. The first kappa shape index (κ1) is 11.7. The molecule has 0 bridgehead atoms. The van der Waals surface area contributed by atoms with Crippen molar-refractivity contribution < 1.29 is 4.79 Å². The van der Waals surface area contributed by atoms with Gasteiger partial charge in [-0.1, -0.05) is 6.07 Å². The van der Waals surface area contributed by atoms with Crippen molar-refractivity contribution in [2.45, 2.75) is 25.7 Å². The average molecular weight is 245 g/mol. The highest BCUT2D eigenvalue weighted by molar-refractivity contribution is 5.80. The van der Waals surface area contributed by atoms with Gasteiger partial charge in [-0.25, -0.2) is 4.98 Å². The van der Waals surface area contributed by atoms with E-state index in [1.807, 2.05) is 0 Å². The molecule has 0 amide bonds. The van der Waals surface area contributed by atoms with E-state index in [2.05, 4.69) is 22.3 Å². The van der Waals surface area contributed by atoms with Crippen LogP contribution in [0.25, 0.3) is 0 Å². The average Bonchev–Trinajstić information content (AvgIpc) is 2.64. The molecule has 1 N–H and O–H groups in total. The number of fused-ring (bicyclic) bond motifs is 1. The van der Waals surface area contributed by atoms with Crippen molar-refractivity contribution in [1.29, 1.82) is 0 Å². The number of rotatable bonds is 1. The minimum atomic E-state index is 0.380. The molecule has 3 rings (SSSR count). The number of hydrogen-bond donors (Lipinski definition) is 1. The van der Waals surface area contributed by atoms with Gasteiger partial charge in [0, 0.05) is 44.6 Å². The normalized spacial score (nSPS) is 20.4. The number of nitrogens with zero attached hydrogens (tertiary/aromatic N) is 2. The second-order valence-corrected chi connectivity index (χ2v) is 5.05. The van der Waals surface area contributed by atoms with E-state index in [-0.39, 0.29) is 0 Å². The molecule has 0 unspecified atom stereocenters. The molecular formula is C14H19N3O. The lowest BCUT2D eigenvalue weighted by molar-refractivity contribution is -0.119. The van der Waals surface area contributed by atoms with Crippen molar-refractivity contribution in [3.8, 4) is 0 Å². The second-order valence-electron chi connectivity index (χ2n) is 5.05. The van der Waals surface area contributed by atoms with Crippen LogP contribution < -0.4 is 10.2 Å². The Labute approximate surface area is 107 Å². The first-order valence-electron chi connectivity index (χ1n) is 6.79. The molecule has 18 heavy (non-hydrogen) atoms. The van der Waals surface area contributed by atoms with Crippen molar-refractivity contribution in [3.63, 3.8) is 0 Å². The highest BCUT2D eigenvalue weighted by Crippen LogP contribution is 2.20. The maximum absolute atomic E-state index is 11.3. The number of aromatic nitrogens is 1. The summed E-state index contributed by atoms with van der Waals surface area (Å²) in [6.07, 6.45) is 3.41. The number of piperidine rings is 1. The van der Waals surface area contributed by atoms with Gasteiger partial charge in [0.1, 0.15) is 11.6 Å². The van der Waals surface area contributed by atoms with Crippen LogP contribution in [0.3, 0.4) is 0 Å². The number of nitrogens with one attached hydrogen (secondary N) is 1. The minimum absolute atomic E-state index is 0.380. The van der Waals surface area contributed by atoms with Gasteiger partial charge in [0.05, 0.1) is 0 Å². The van der Waals surface area contributed by atoms with E-state index in [1.54, 1.807) is 0 Å². The fourth-order valence-corrected chi connectivity index (χ4v) is 2.68. The van der Waals surface area contributed by atoms with E-state index < -0.39 is 0 Å². The first-order valence-corrected chi connectivity index (χ1v) is 6.79. The highest BCUT2D eigenvalue weighted by atomic mass is 16.1. The molecule has 4 nitrogen and oxygen atoms in total. The molecule has 2 aliphatic heterocycles. The van der Waals surface area contributed by atoms with E-state index in [0.29, 0.717) is 18.6 Å². The molecule has 1 aromatic heterocycles. The third-order valence-corrected chi connectivity index (χ3v) is 3.81. The largest absolute Gasteiger partial charge is 0.356 e.